The van der Waals surface area contributed by atoms with E-state index < -0.39 is 17.9 Å². The Kier molecular flexibility index (Phi) is 2.47. The van der Waals surface area contributed by atoms with Gasteiger partial charge in [0.15, 0.2) is 0 Å². The topological polar surface area (TPSA) is 66.6 Å². The number of hydrogen-bond acceptors (Lipinski definition) is 2. The molecule has 0 aromatic heterocycles. The summed E-state index contributed by atoms with van der Waals surface area (Å²) in [5, 5.41) is 0. The van der Waals surface area contributed by atoms with Crippen molar-refractivity contribution >= 4 is 17.7 Å². The summed E-state index contributed by atoms with van der Waals surface area (Å²) in [5.74, 6) is -0.428. The molecule has 1 aliphatic rings. The molecule has 1 aromatic rings. The van der Waals surface area contributed by atoms with Gasteiger partial charge in [-0.1, -0.05) is 6.07 Å². The van der Waals surface area contributed by atoms with Crippen LogP contribution >= 0.6 is 0 Å². The number of nitrogens with two attached hydrogens (primary N) is 1. The second-order valence-electron chi connectivity index (χ2n) is 3.40. The molecule has 1 aromatic carbocycles. The summed E-state index contributed by atoms with van der Waals surface area (Å²) in [7, 11) is 0. The first-order valence-electron chi connectivity index (χ1n) is 4.73. The van der Waals surface area contributed by atoms with Gasteiger partial charge in [-0.05, 0) is 18.2 Å². The van der Waals surface area contributed by atoms with Gasteiger partial charge in [0.25, 0.3) is 0 Å². The minimum Gasteiger partial charge on any atom is -0.351 e. The van der Waals surface area contributed by atoms with Crippen LogP contribution in [0.25, 0.3) is 0 Å². The zero-order chi connectivity index (χ0) is 11.7. The number of anilines is 1. The first-order valence-corrected chi connectivity index (χ1v) is 4.73. The second kappa shape index (κ2) is 3.80. The summed E-state index contributed by atoms with van der Waals surface area (Å²) in [6, 6.07) is 4.33. The van der Waals surface area contributed by atoms with Gasteiger partial charge in [-0.25, -0.2) is 18.9 Å². The maximum absolute atomic E-state index is 13.0. The quantitative estimate of drug-likeness (QED) is 0.775. The molecular weight excluding hydrogens is 213 g/mol. The highest BCUT2D eigenvalue weighted by molar-refractivity contribution is 6.03. The summed E-state index contributed by atoms with van der Waals surface area (Å²) >= 11 is 0. The van der Waals surface area contributed by atoms with Crippen LogP contribution in [0.1, 0.15) is 0 Å². The molecule has 0 unspecified atom stereocenters. The van der Waals surface area contributed by atoms with Gasteiger partial charge in [0.05, 0.1) is 6.54 Å². The Morgan fingerprint density at radius 2 is 2.12 bits per heavy atom. The van der Waals surface area contributed by atoms with Gasteiger partial charge in [-0.3, -0.25) is 4.90 Å². The molecule has 1 heterocycles. The molecule has 5 nitrogen and oxygen atoms in total. The molecule has 1 saturated heterocycles. The van der Waals surface area contributed by atoms with E-state index in [1.807, 2.05) is 0 Å². The van der Waals surface area contributed by atoms with Crippen LogP contribution in [0, 0.1) is 5.82 Å². The normalized spacial score (nSPS) is 15.7. The SMILES string of the molecule is NC(=O)N1CCN(c2cccc(F)c2)C1=O. The van der Waals surface area contributed by atoms with Crippen LogP contribution in [0.4, 0.5) is 19.7 Å². The Hall–Kier alpha value is -2.11. The van der Waals surface area contributed by atoms with Crippen LogP contribution < -0.4 is 10.6 Å². The number of amides is 4. The average Bonchev–Trinajstić information content (AvgIpc) is 2.60. The lowest BCUT2D eigenvalue weighted by Gasteiger charge is -2.16. The fourth-order valence-electron chi connectivity index (χ4n) is 1.63. The fraction of sp³-hybridized carbons (Fsp3) is 0.200. The van der Waals surface area contributed by atoms with Crippen molar-refractivity contribution in [3.63, 3.8) is 0 Å². The van der Waals surface area contributed by atoms with Crippen molar-refractivity contribution in [2.45, 2.75) is 0 Å². The van der Waals surface area contributed by atoms with E-state index >= 15 is 0 Å². The van der Waals surface area contributed by atoms with E-state index in [1.54, 1.807) is 6.07 Å². The number of carbonyl (C=O) groups is 2. The summed E-state index contributed by atoms with van der Waals surface area (Å²) in [6.07, 6.45) is 0. The van der Waals surface area contributed by atoms with Crippen LogP contribution in [-0.2, 0) is 0 Å². The largest absolute Gasteiger partial charge is 0.351 e. The molecule has 0 aliphatic carbocycles. The highest BCUT2D eigenvalue weighted by atomic mass is 19.1. The highest BCUT2D eigenvalue weighted by Gasteiger charge is 2.32. The minimum absolute atomic E-state index is 0.227. The summed E-state index contributed by atoms with van der Waals surface area (Å²) in [4.78, 5) is 24.8. The third-order valence-electron chi connectivity index (χ3n) is 2.39. The number of carbonyl (C=O) groups excluding carboxylic acids is 2. The van der Waals surface area contributed by atoms with E-state index in [0.29, 0.717) is 12.2 Å². The van der Waals surface area contributed by atoms with E-state index in [4.69, 9.17) is 5.73 Å². The number of imide groups is 1. The molecule has 84 valence electrons. The molecule has 0 radical (unpaired) electrons. The summed E-state index contributed by atoms with van der Waals surface area (Å²) in [5.41, 5.74) is 5.45. The lowest BCUT2D eigenvalue weighted by molar-refractivity contribution is 0.206. The van der Waals surface area contributed by atoms with Gasteiger partial charge in [-0.15, -0.1) is 0 Å². The molecule has 6 heteroatoms. The van der Waals surface area contributed by atoms with Crippen LogP contribution in [0.2, 0.25) is 0 Å². The Labute approximate surface area is 91.2 Å². The van der Waals surface area contributed by atoms with Crippen molar-refractivity contribution in [1.29, 1.82) is 0 Å². The predicted octanol–water partition coefficient (Wildman–Crippen LogP) is 1.15. The maximum Gasteiger partial charge on any atom is 0.332 e. The minimum atomic E-state index is -0.788. The van der Waals surface area contributed by atoms with Crippen molar-refractivity contribution in [1.82, 2.24) is 4.90 Å². The summed E-state index contributed by atoms with van der Waals surface area (Å²) in [6.45, 7) is 0.551. The number of primary amides is 1. The van der Waals surface area contributed by atoms with E-state index in [2.05, 4.69) is 0 Å². The van der Waals surface area contributed by atoms with Crippen LogP contribution in [-0.4, -0.2) is 30.1 Å². The zero-order valence-electron chi connectivity index (χ0n) is 8.39. The lowest BCUT2D eigenvalue weighted by Crippen LogP contribution is -2.39. The smallest absolute Gasteiger partial charge is 0.332 e. The molecule has 2 rings (SSSR count). The van der Waals surface area contributed by atoms with Gasteiger partial charge in [-0.2, -0.15) is 0 Å². The average molecular weight is 223 g/mol. The van der Waals surface area contributed by atoms with Crippen LogP contribution in [0.15, 0.2) is 24.3 Å². The van der Waals surface area contributed by atoms with Crippen LogP contribution in [0.3, 0.4) is 0 Å². The first-order chi connectivity index (χ1) is 7.59. The number of rotatable bonds is 1. The fourth-order valence-corrected chi connectivity index (χ4v) is 1.63. The Balaban J connectivity index is 2.25. The van der Waals surface area contributed by atoms with Gasteiger partial charge >= 0.3 is 12.1 Å². The van der Waals surface area contributed by atoms with Crippen LogP contribution in [0.5, 0.6) is 0 Å². The van der Waals surface area contributed by atoms with E-state index in [1.165, 1.54) is 23.1 Å². The van der Waals surface area contributed by atoms with E-state index in [-0.39, 0.29) is 6.54 Å². The number of hydrogen-bond donors (Lipinski definition) is 1. The molecular formula is C10H10FN3O2. The highest BCUT2D eigenvalue weighted by Crippen LogP contribution is 2.20. The number of halogens is 1. The van der Waals surface area contributed by atoms with Gasteiger partial charge in [0.1, 0.15) is 5.82 Å². The zero-order valence-corrected chi connectivity index (χ0v) is 8.39. The molecule has 0 saturated carbocycles. The lowest BCUT2D eigenvalue weighted by atomic mass is 10.3. The van der Waals surface area contributed by atoms with Crippen molar-refractivity contribution < 1.29 is 14.0 Å². The van der Waals surface area contributed by atoms with Gasteiger partial charge < -0.3 is 5.73 Å². The monoisotopic (exact) mass is 223 g/mol. The van der Waals surface area contributed by atoms with E-state index in [9.17, 15) is 14.0 Å². The molecule has 0 bridgehead atoms. The number of benzene rings is 1. The van der Waals surface area contributed by atoms with Crippen molar-refractivity contribution in [2.75, 3.05) is 18.0 Å². The molecule has 4 amide bonds. The van der Waals surface area contributed by atoms with Gasteiger partial charge in [0.2, 0.25) is 0 Å². The first kappa shape index (κ1) is 10.4. The van der Waals surface area contributed by atoms with Crippen molar-refractivity contribution in [3.8, 4) is 0 Å². The Morgan fingerprint density at radius 1 is 1.38 bits per heavy atom. The van der Waals surface area contributed by atoms with Crippen molar-refractivity contribution in [2.24, 2.45) is 5.73 Å². The van der Waals surface area contributed by atoms with Crippen molar-refractivity contribution in [3.05, 3.63) is 30.1 Å². The van der Waals surface area contributed by atoms with Gasteiger partial charge in [0, 0.05) is 12.2 Å². The summed E-state index contributed by atoms with van der Waals surface area (Å²) < 4.78 is 13.0. The predicted molar refractivity (Wildman–Crippen MR) is 55.4 cm³/mol. The molecule has 16 heavy (non-hydrogen) atoms. The standard InChI is InChI=1S/C10H10FN3O2/c11-7-2-1-3-8(6-7)13-4-5-14(9(12)15)10(13)16/h1-3,6H,4-5H2,(H2,12,15). The maximum atomic E-state index is 13.0. The third kappa shape index (κ3) is 1.69. The third-order valence-corrected chi connectivity index (χ3v) is 2.39. The molecule has 1 fully saturated rings. The molecule has 0 spiro atoms. The molecule has 0 atom stereocenters. The van der Waals surface area contributed by atoms with E-state index in [0.717, 1.165) is 4.90 Å². The second-order valence-corrected chi connectivity index (χ2v) is 3.40. The number of nitrogens with zero attached hydrogens (tertiary/aromatic N) is 2. The molecule has 2 N–H and O–H groups in total. The Morgan fingerprint density at radius 3 is 2.69 bits per heavy atom. The Bertz CT molecular complexity index is 449. The number of urea groups is 2. The molecule has 1 aliphatic heterocycles.